The van der Waals surface area contributed by atoms with Gasteiger partial charge in [-0.1, -0.05) is 18.2 Å². The van der Waals surface area contributed by atoms with Crippen LogP contribution >= 0.6 is 0 Å². The summed E-state index contributed by atoms with van der Waals surface area (Å²) in [5, 5.41) is 2.97. The second-order valence-corrected chi connectivity index (χ2v) is 6.41. The van der Waals surface area contributed by atoms with Gasteiger partial charge in [-0.2, -0.15) is 0 Å². The average molecular weight is 326 g/mol. The van der Waals surface area contributed by atoms with Crippen LogP contribution in [0.4, 0.5) is 5.95 Å². The first-order valence-corrected chi connectivity index (χ1v) is 8.30. The fourth-order valence-corrected chi connectivity index (χ4v) is 2.92. The number of hydrogen-bond donors (Lipinski definition) is 1. The van der Waals surface area contributed by atoms with E-state index in [9.17, 15) is 4.79 Å². The average Bonchev–Trinajstić information content (AvgIpc) is 2.53. The van der Waals surface area contributed by atoms with Gasteiger partial charge in [0.25, 0.3) is 5.91 Å². The largest absolute Gasteiger partial charge is 0.357 e. The molecule has 2 rings (SSSR count). The van der Waals surface area contributed by atoms with E-state index in [1.165, 1.54) is 0 Å². The predicted octanol–water partition coefficient (Wildman–Crippen LogP) is 3.75. The number of aryl methyl sites for hydroxylation is 1. The van der Waals surface area contributed by atoms with E-state index in [4.69, 9.17) is 0 Å². The zero-order chi connectivity index (χ0) is 17.9. The third-order valence-electron chi connectivity index (χ3n) is 3.86. The Hall–Kier alpha value is -2.43. The molecule has 1 aromatic heterocycles. The minimum Gasteiger partial charge on any atom is -0.357 e. The number of nitrogens with one attached hydrogen (secondary N) is 1. The molecule has 0 aliphatic rings. The molecule has 5 heteroatoms. The van der Waals surface area contributed by atoms with E-state index < -0.39 is 0 Å². The SMILES string of the molecule is CNc1nc(C)cc(-c2ccccc2C(=O)N(C(C)C)C(C)C)n1. The zero-order valence-electron chi connectivity index (χ0n) is 15.3. The van der Waals surface area contributed by atoms with Crippen molar-refractivity contribution in [3.63, 3.8) is 0 Å². The smallest absolute Gasteiger partial charge is 0.255 e. The second kappa shape index (κ2) is 7.43. The highest BCUT2D eigenvalue weighted by atomic mass is 16.2. The van der Waals surface area contributed by atoms with E-state index in [1.54, 1.807) is 7.05 Å². The monoisotopic (exact) mass is 326 g/mol. The molecule has 0 saturated carbocycles. The van der Waals surface area contributed by atoms with Crippen LogP contribution in [0.15, 0.2) is 30.3 Å². The normalized spacial score (nSPS) is 11.0. The molecule has 0 spiro atoms. The van der Waals surface area contributed by atoms with Crippen molar-refractivity contribution in [1.82, 2.24) is 14.9 Å². The number of hydrogen-bond acceptors (Lipinski definition) is 4. The third kappa shape index (κ3) is 3.72. The van der Waals surface area contributed by atoms with E-state index >= 15 is 0 Å². The molecule has 1 amide bonds. The van der Waals surface area contributed by atoms with Gasteiger partial charge in [0.15, 0.2) is 0 Å². The summed E-state index contributed by atoms with van der Waals surface area (Å²) in [7, 11) is 1.79. The van der Waals surface area contributed by atoms with E-state index in [0.717, 1.165) is 17.0 Å². The van der Waals surface area contributed by atoms with Crippen LogP contribution in [0.1, 0.15) is 43.7 Å². The van der Waals surface area contributed by atoms with Gasteiger partial charge in [0.2, 0.25) is 5.95 Å². The highest BCUT2D eigenvalue weighted by Gasteiger charge is 2.24. The molecule has 0 atom stereocenters. The summed E-state index contributed by atoms with van der Waals surface area (Å²) >= 11 is 0. The van der Waals surface area contributed by atoms with Crippen molar-refractivity contribution < 1.29 is 4.79 Å². The van der Waals surface area contributed by atoms with E-state index in [1.807, 2.05) is 69.9 Å². The highest BCUT2D eigenvalue weighted by Crippen LogP contribution is 2.26. The zero-order valence-corrected chi connectivity index (χ0v) is 15.3. The summed E-state index contributed by atoms with van der Waals surface area (Å²) in [6, 6.07) is 9.79. The van der Waals surface area contributed by atoms with Crippen LogP contribution in [0.25, 0.3) is 11.3 Å². The van der Waals surface area contributed by atoms with Gasteiger partial charge in [0, 0.05) is 36.0 Å². The number of nitrogens with zero attached hydrogens (tertiary/aromatic N) is 3. The van der Waals surface area contributed by atoms with Crippen molar-refractivity contribution in [2.75, 3.05) is 12.4 Å². The quantitative estimate of drug-likeness (QED) is 0.909. The molecular weight excluding hydrogens is 300 g/mol. The van der Waals surface area contributed by atoms with Crippen LogP contribution in [0.2, 0.25) is 0 Å². The summed E-state index contributed by atoms with van der Waals surface area (Å²) in [6.07, 6.45) is 0. The fraction of sp³-hybridized carbons (Fsp3) is 0.421. The van der Waals surface area contributed by atoms with Gasteiger partial charge in [-0.15, -0.1) is 0 Å². The van der Waals surface area contributed by atoms with Crippen LogP contribution < -0.4 is 5.32 Å². The van der Waals surface area contributed by atoms with Crippen molar-refractivity contribution >= 4 is 11.9 Å². The first-order valence-electron chi connectivity index (χ1n) is 8.30. The Morgan fingerprint density at radius 3 is 2.29 bits per heavy atom. The number of rotatable bonds is 5. The minimum absolute atomic E-state index is 0.0258. The van der Waals surface area contributed by atoms with Gasteiger partial charge < -0.3 is 10.2 Å². The van der Waals surface area contributed by atoms with Gasteiger partial charge in [-0.05, 0) is 46.8 Å². The molecular formula is C19H26N4O. The van der Waals surface area contributed by atoms with Gasteiger partial charge in [0.1, 0.15) is 0 Å². The predicted molar refractivity (Wildman–Crippen MR) is 98.2 cm³/mol. The van der Waals surface area contributed by atoms with Gasteiger partial charge in [-0.25, -0.2) is 9.97 Å². The molecule has 24 heavy (non-hydrogen) atoms. The molecule has 1 N–H and O–H groups in total. The lowest BCUT2D eigenvalue weighted by Crippen LogP contribution is -2.42. The Kier molecular flexibility index (Phi) is 5.54. The topological polar surface area (TPSA) is 58.1 Å². The van der Waals surface area contributed by atoms with Crippen LogP contribution in [-0.2, 0) is 0 Å². The Morgan fingerprint density at radius 2 is 1.71 bits per heavy atom. The van der Waals surface area contributed by atoms with Crippen LogP contribution in [0.3, 0.4) is 0 Å². The third-order valence-corrected chi connectivity index (χ3v) is 3.86. The number of carbonyl (C=O) groups is 1. The van der Waals surface area contributed by atoms with Crippen LogP contribution in [0.5, 0.6) is 0 Å². The number of carbonyl (C=O) groups excluding carboxylic acids is 1. The van der Waals surface area contributed by atoms with E-state index in [0.29, 0.717) is 11.5 Å². The Balaban J connectivity index is 2.55. The van der Waals surface area contributed by atoms with Crippen molar-refractivity contribution in [1.29, 1.82) is 0 Å². The molecule has 0 aliphatic carbocycles. The number of amides is 1. The minimum atomic E-state index is 0.0258. The van der Waals surface area contributed by atoms with Gasteiger partial charge in [-0.3, -0.25) is 4.79 Å². The fourth-order valence-electron chi connectivity index (χ4n) is 2.92. The molecule has 5 nitrogen and oxygen atoms in total. The standard InChI is InChI=1S/C19H26N4O/c1-12(2)23(13(3)4)18(24)16-10-8-7-9-15(16)17-11-14(5)21-19(20-6)22-17/h7-13H,1-6H3,(H,20,21,22). The second-order valence-electron chi connectivity index (χ2n) is 6.41. The van der Waals surface area contributed by atoms with Gasteiger partial charge in [0.05, 0.1) is 5.69 Å². The Bertz CT molecular complexity index is 717. The Morgan fingerprint density at radius 1 is 1.08 bits per heavy atom. The summed E-state index contributed by atoms with van der Waals surface area (Å²) in [5.74, 6) is 0.578. The number of anilines is 1. The molecule has 0 aliphatic heterocycles. The summed E-state index contributed by atoms with van der Waals surface area (Å²) in [4.78, 5) is 23.9. The molecule has 128 valence electrons. The van der Waals surface area contributed by atoms with Crippen molar-refractivity contribution in [2.24, 2.45) is 0 Å². The molecule has 0 radical (unpaired) electrons. The molecule has 0 bridgehead atoms. The summed E-state index contributed by atoms with van der Waals surface area (Å²) in [6.45, 7) is 10.1. The molecule has 2 aromatic rings. The lowest BCUT2D eigenvalue weighted by atomic mass is 10.0. The van der Waals surface area contributed by atoms with E-state index in [-0.39, 0.29) is 18.0 Å². The number of aromatic nitrogens is 2. The van der Waals surface area contributed by atoms with Crippen molar-refractivity contribution in [2.45, 2.75) is 46.7 Å². The maximum atomic E-state index is 13.1. The summed E-state index contributed by atoms with van der Waals surface area (Å²) < 4.78 is 0. The van der Waals surface area contributed by atoms with Crippen LogP contribution in [0, 0.1) is 6.92 Å². The molecule has 0 saturated heterocycles. The first-order chi connectivity index (χ1) is 11.3. The lowest BCUT2D eigenvalue weighted by Gasteiger charge is -2.31. The van der Waals surface area contributed by atoms with Crippen LogP contribution in [-0.4, -0.2) is 39.9 Å². The van der Waals surface area contributed by atoms with Crippen molar-refractivity contribution in [3.05, 3.63) is 41.6 Å². The molecule has 0 fully saturated rings. The summed E-state index contributed by atoms with van der Waals surface area (Å²) in [5.41, 5.74) is 3.11. The van der Waals surface area contributed by atoms with Gasteiger partial charge >= 0.3 is 0 Å². The maximum Gasteiger partial charge on any atom is 0.255 e. The molecule has 1 heterocycles. The molecule has 0 unspecified atom stereocenters. The first kappa shape index (κ1) is 17.9. The van der Waals surface area contributed by atoms with E-state index in [2.05, 4.69) is 15.3 Å². The molecule has 1 aromatic carbocycles. The lowest BCUT2D eigenvalue weighted by molar-refractivity contribution is 0.0644. The maximum absolute atomic E-state index is 13.1. The highest BCUT2D eigenvalue weighted by molar-refractivity contribution is 6.00. The van der Waals surface area contributed by atoms with Crippen molar-refractivity contribution in [3.8, 4) is 11.3 Å². The number of benzene rings is 1. The Labute approximate surface area is 144 Å².